The fourth-order valence-electron chi connectivity index (χ4n) is 5.05. The maximum absolute atomic E-state index is 12.6. The molecule has 10 heteroatoms. The van der Waals surface area contributed by atoms with E-state index in [4.69, 9.17) is 26.1 Å². The first kappa shape index (κ1) is 28.2. The minimum absolute atomic E-state index is 0.336. The number of halogens is 1. The molecule has 0 aliphatic carbocycles. The molecule has 0 spiro atoms. The summed E-state index contributed by atoms with van der Waals surface area (Å²) < 4.78 is 13.2. The molecule has 1 unspecified atom stereocenters. The molecule has 2 aromatic heterocycles. The number of methoxy groups -OCH3 is 2. The first-order valence-corrected chi connectivity index (χ1v) is 13.8. The summed E-state index contributed by atoms with van der Waals surface area (Å²) in [4.78, 5) is 17.4. The van der Waals surface area contributed by atoms with Crippen LogP contribution in [0.15, 0.2) is 72.8 Å². The lowest BCUT2D eigenvalue weighted by atomic mass is 9.96. The Morgan fingerprint density at radius 2 is 1.80 bits per heavy atom. The predicted octanol–water partition coefficient (Wildman–Crippen LogP) is 6.30. The van der Waals surface area contributed by atoms with Crippen molar-refractivity contribution in [3.05, 3.63) is 106 Å². The van der Waals surface area contributed by atoms with E-state index in [1.807, 2.05) is 30.3 Å². The molecule has 3 aromatic carbocycles. The number of hydrogen-bond acceptors (Lipinski definition) is 7. The van der Waals surface area contributed by atoms with Crippen molar-refractivity contribution in [2.75, 3.05) is 14.2 Å². The summed E-state index contributed by atoms with van der Waals surface area (Å²) in [6.45, 7) is 2.61. The SMILES string of the molecule is CCCCc1nc(Cl)c(C(OC)c2ccccc2C(=O)OC)n1Cc1ccc(-c2ccccc2)c(-c2nnn[nH]2)c1. The molecule has 0 aliphatic rings. The van der Waals surface area contributed by atoms with Crippen molar-refractivity contribution in [3.63, 3.8) is 0 Å². The fourth-order valence-corrected chi connectivity index (χ4v) is 5.35. The zero-order chi connectivity index (χ0) is 28.8. The lowest BCUT2D eigenvalue weighted by Gasteiger charge is -2.22. The van der Waals surface area contributed by atoms with Gasteiger partial charge in [0.25, 0.3) is 0 Å². The number of nitrogens with one attached hydrogen (secondary N) is 1. The van der Waals surface area contributed by atoms with E-state index in [1.165, 1.54) is 7.11 Å². The Hall–Kier alpha value is -4.34. The average molecular weight is 571 g/mol. The molecule has 0 saturated carbocycles. The van der Waals surface area contributed by atoms with Crippen LogP contribution in [-0.2, 0) is 22.4 Å². The third-order valence-electron chi connectivity index (χ3n) is 7.04. The van der Waals surface area contributed by atoms with E-state index in [0.717, 1.165) is 47.3 Å². The second-order valence-electron chi connectivity index (χ2n) is 9.58. The van der Waals surface area contributed by atoms with Gasteiger partial charge in [0.2, 0.25) is 0 Å². The normalized spacial score (nSPS) is 11.9. The highest BCUT2D eigenvalue weighted by molar-refractivity contribution is 6.30. The largest absolute Gasteiger partial charge is 0.465 e. The summed E-state index contributed by atoms with van der Waals surface area (Å²) in [5, 5.41) is 15.0. The third kappa shape index (κ3) is 5.91. The van der Waals surface area contributed by atoms with Crippen LogP contribution in [0.2, 0.25) is 5.15 Å². The number of benzene rings is 3. The molecule has 5 aromatic rings. The molecular formula is C31H31ClN6O3. The number of imidazole rings is 1. The first-order valence-electron chi connectivity index (χ1n) is 13.4. The van der Waals surface area contributed by atoms with Crippen LogP contribution in [0.1, 0.15) is 58.9 Å². The van der Waals surface area contributed by atoms with Crippen molar-refractivity contribution in [1.82, 2.24) is 30.2 Å². The number of tetrazole rings is 1. The van der Waals surface area contributed by atoms with Crippen molar-refractivity contribution < 1.29 is 14.3 Å². The number of rotatable bonds is 11. The number of carbonyl (C=O) groups excluding carboxylic acids is 1. The van der Waals surface area contributed by atoms with Gasteiger partial charge in [-0.05, 0) is 45.7 Å². The smallest absolute Gasteiger partial charge is 0.338 e. The first-order chi connectivity index (χ1) is 20.0. The molecule has 0 bridgehead atoms. The van der Waals surface area contributed by atoms with Gasteiger partial charge in [0.05, 0.1) is 18.4 Å². The predicted molar refractivity (Wildman–Crippen MR) is 157 cm³/mol. The zero-order valence-corrected chi connectivity index (χ0v) is 23.9. The van der Waals surface area contributed by atoms with Crippen LogP contribution < -0.4 is 0 Å². The van der Waals surface area contributed by atoms with Gasteiger partial charge in [-0.15, -0.1) is 5.10 Å². The monoisotopic (exact) mass is 570 g/mol. The second-order valence-corrected chi connectivity index (χ2v) is 9.94. The van der Waals surface area contributed by atoms with E-state index in [0.29, 0.717) is 34.3 Å². The Morgan fingerprint density at radius 3 is 2.51 bits per heavy atom. The molecule has 0 radical (unpaired) electrons. The number of aromatic nitrogens is 6. The molecule has 0 fully saturated rings. The topological polar surface area (TPSA) is 108 Å². The number of aromatic amines is 1. The zero-order valence-electron chi connectivity index (χ0n) is 23.2. The molecule has 0 amide bonds. The van der Waals surface area contributed by atoms with Crippen LogP contribution in [0.3, 0.4) is 0 Å². The highest BCUT2D eigenvalue weighted by Crippen LogP contribution is 2.36. The number of hydrogen-bond donors (Lipinski definition) is 1. The number of H-pyrrole nitrogens is 1. The Balaban J connectivity index is 1.63. The molecule has 5 rings (SSSR count). The summed E-state index contributed by atoms with van der Waals surface area (Å²) in [6.07, 6.45) is 2.05. The molecule has 41 heavy (non-hydrogen) atoms. The number of nitrogens with zero attached hydrogens (tertiary/aromatic N) is 5. The van der Waals surface area contributed by atoms with Crippen LogP contribution in [-0.4, -0.2) is 50.4 Å². The van der Waals surface area contributed by atoms with Crippen LogP contribution >= 0.6 is 11.6 Å². The van der Waals surface area contributed by atoms with Gasteiger partial charge in [-0.2, -0.15) is 0 Å². The minimum Gasteiger partial charge on any atom is -0.465 e. The molecular weight excluding hydrogens is 540 g/mol. The highest BCUT2D eigenvalue weighted by atomic mass is 35.5. The third-order valence-corrected chi connectivity index (χ3v) is 7.32. The fraction of sp³-hybridized carbons (Fsp3) is 0.258. The van der Waals surface area contributed by atoms with Gasteiger partial charge in [-0.25, -0.2) is 14.9 Å². The number of carbonyl (C=O) groups is 1. The summed E-state index contributed by atoms with van der Waals surface area (Å²) in [5.74, 6) is 0.972. The van der Waals surface area contributed by atoms with E-state index >= 15 is 0 Å². The van der Waals surface area contributed by atoms with Crippen LogP contribution in [0, 0.1) is 0 Å². The van der Waals surface area contributed by atoms with Gasteiger partial charge in [0.1, 0.15) is 11.9 Å². The molecule has 2 heterocycles. The molecule has 1 N–H and O–H groups in total. The Morgan fingerprint density at radius 1 is 1.02 bits per heavy atom. The van der Waals surface area contributed by atoms with Crippen molar-refractivity contribution in [3.8, 4) is 22.5 Å². The Kier molecular flexibility index (Phi) is 8.86. The Bertz CT molecular complexity index is 1620. The van der Waals surface area contributed by atoms with E-state index in [2.05, 4.69) is 62.4 Å². The number of ether oxygens (including phenoxy) is 2. The number of esters is 1. The standard InChI is InChI=1S/C31H31ClN6O3/c1-4-5-15-26-33-29(32)27(28(40-2)23-13-9-10-14-24(23)31(39)41-3)38(26)19-20-16-17-22(21-11-7-6-8-12-21)25(18-20)30-34-36-37-35-30/h6-14,16-18,28H,4-5,15,19H2,1-3H3,(H,34,35,36,37). The lowest BCUT2D eigenvalue weighted by molar-refractivity contribution is 0.0591. The minimum atomic E-state index is -0.651. The molecule has 0 saturated heterocycles. The van der Waals surface area contributed by atoms with Crippen LogP contribution in [0.25, 0.3) is 22.5 Å². The van der Waals surface area contributed by atoms with Gasteiger partial charge in [0, 0.05) is 31.2 Å². The van der Waals surface area contributed by atoms with Gasteiger partial charge in [0.15, 0.2) is 11.0 Å². The Labute approximate surface area is 243 Å². The summed E-state index contributed by atoms with van der Waals surface area (Å²) in [6, 6.07) is 23.6. The van der Waals surface area contributed by atoms with Gasteiger partial charge < -0.3 is 14.0 Å². The van der Waals surface area contributed by atoms with Crippen molar-refractivity contribution in [2.24, 2.45) is 0 Å². The highest BCUT2D eigenvalue weighted by Gasteiger charge is 2.29. The van der Waals surface area contributed by atoms with Crippen molar-refractivity contribution in [2.45, 2.75) is 38.8 Å². The van der Waals surface area contributed by atoms with Crippen molar-refractivity contribution in [1.29, 1.82) is 0 Å². The van der Waals surface area contributed by atoms with E-state index in [-0.39, 0.29) is 0 Å². The van der Waals surface area contributed by atoms with Crippen LogP contribution in [0.5, 0.6) is 0 Å². The van der Waals surface area contributed by atoms with Gasteiger partial charge in [-0.1, -0.05) is 85.6 Å². The average Bonchev–Trinajstić information content (AvgIpc) is 3.65. The molecule has 210 valence electrons. The summed E-state index contributed by atoms with van der Waals surface area (Å²) >= 11 is 6.84. The summed E-state index contributed by atoms with van der Waals surface area (Å²) in [5.41, 5.74) is 5.67. The maximum Gasteiger partial charge on any atom is 0.338 e. The second kappa shape index (κ2) is 12.9. The van der Waals surface area contributed by atoms with Gasteiger partial charge >= 0.3 is 5.97 Å². The molecule has 9 nitrogen and oxygen atoms in total. The number of unbranched alkanes of at least 4 members (excludes halogenated alkanes) is 1. The van der Waals surface area contributed by atoms with Crippen molar-refractivity contribution >= 4 is 17.6 Å². The van der Waals surface area contributed by atoms with E-state index in [9.17, 15) is 4.79 Å². The number of aryl methyl sites for hydroxylation is 1. The maximum atomic E-state index is 12.6. The lowest BCUT2D eigenvalue weighted by Crippen LogP contribution is -2.17. The quantitative estimate of drug-likeness (QED) is 0.186. The van der Waals surface area contributed by atoms with E-state index in [1.54, 1.807) is 19.2 Å². The van der Waals surface area contributed by atoms with E-state index < -0.39 is 12.1 Å². The van der Waals surface area contributed by atoms with Crippen LogP contribution in [0.4, 0.5) is 0 Å². The van der Waals surface area contributed by atoms with Gasteiger partial charge in [-0.3, -0.25) is 0 Å². The molecule has 1 atom stereocenters. The molecule has 0 aliphatic heterocycles. The summed E-state index contributed by atoms with van der Waals surface area (Å²) in [7, 11) is 2.96.